The van der Waals surface area contributed by atoms with Crippen molar-refractivity contribution in [2.75, 3.05) is 23.3 Å². The van der Waals surface area contributed by atoms with Gasteiger partial charge in [0.2, 0.25) is 0 Å². The number of rotatable bonds is 7. The van der Waals surface area contributed by atoms with E-state index in [4.69, 9.17) is 9.47 Å². The van der Waals surface area contributed by atoms with Gasteiger partial charge in [-0.05, 0) is 78.2 Å². The number of benzene rings is 3. The van der Waals surface area contributed by atoms with Gasteiger partial charge in [0.25, 0.3) is 15.9 Å². The molecule has 5 rings (SSSR count). The summed E-state index contributed by atoms with van der Waals surface area (Å²) in [6.07, 6.45) is 3.21. The van der Waals surface area contributed by atoms with Crippen LogP contribution in [0.3, 0.4) is 0 Å². The Bertz CT molecular complexity index is 1490. The molecule has 0 fully saturated rings. The molecule has 0 bridgehead atoms. The molecule has 37 heavy (non-hydrogen) atoms. The number of pyridine rings is 1. The maximum Gasteiger partial charge on any atom is 0.267 e. The van der Waals surface area contributed by atoms with Gasteiger partial charge < -0.3 is 14.8 Å². The van der Waals surface area contributed by atoms with Gasteiger partial charge in [0.15, 0.2) is 6.10 Å². The SMILES string of the molecule is COc1ccc(S(=O)(=O)N2CC(C(=O)Nc3ccc(Cc4ccncc4)cc3)Oc3ccccc32)cc1. The van der Waals surface area contributed by atoms with Gasteiger partial charge in [0, 0.05) is 18.1 Å². The Morgan fingerprint density at radius 3 is 2.35 bits per heavy atom. The van der Waals surface area contributed by atoms with Crippen molar-refractivity contribution in [1.82, 2.24) is 4.98 Å². The van der Waals surface area contributed by atoms with Gasteiger partial charge in [-0.15, -0.1) is 0 Å². The molecule has 1 unspecified atom stereocenters. The van der Waals surface area contributed by atoms with Gasteiger partial charge in [-0.3, -0.25) is 14.1 Å². The third kappa shape index (κ3) is 5.26. The van der Waals surface area contributed by atoms with Crippen LogP contribution in [0.4, 0.5) is 11.4 Å². The van der Waals surface area contributed by atoms with Gasteiger partial charge in [-0.2, -0.15) is 0 Å². The molecule has 1 atom stereocenters. The van der Waals surface area contributed by atoms with E-state index in [-0.39, 0.29) is 11.4 Å². The largest absolute Gasteiger partial charge is 0.497 e. The number of hydrogen-bond acceptors (Lipinski definition) is 6. The topological polar surface area (TPSA) is 97.8 Å². The normalized spacial score (nSPS) is 14.8. The molecule has 0 saturated carbocycles. The van der Waals surface area contributed by atoms with Crippen LogP contribution in [-0.2, 0) is 21.2 Å². The van der Waals surface area contributed by atoms with Gasteiger partial charge in [0.05, 0.1) is 24.2 Å². The van der Waals surface area contributed by atoms with E-state index in [0.29, 0.717) is 22.9 Å². The van der Waals surface area contributed by atoms with Crippen molar-refractivity contribution < 1.29 is 22.7 Å². The molecular formula is C28H25N3O5S. The smallest absolute Gasteiger partial charge is 0.267 e. The number of para-hydroxylation sites is 2. The molecule has 2 heterocycles. The number of sulfonamides is 1. The lowest BCUT2D eigenvalue weighted by atomic mass is 10.1. The highest BCUT2D eigenvalue weighted by molar-refractivity contribution is 7.92. The number of aromatic nitrogens is 1. The molecule has 4 aromatic rings. The molecule has 3 aromatic carbocycles. The Morgan fingerprint density at radius 2 is 1.65 bits per heavy atom. The zero-order valence-electron chi connectivity index (χ0n) is 20.1. The zero-order valence-corrected chi connectivity index (χ0v) is 20.9. The Labute approximate surface area is 215 Å². The summed E-state index contributed by atoms with van der Waals surface area (Å²) >= 11 is 0. The fourth-order valence-electron chi connectivity index (χ4n) is 4.11. The van der Waals surface area contributed by atoms with E-state index in [1.54, 1.807) is 48.8 Å². The first-order valence-corrected chi connectivity index (χ1v) is 13.1. The lowest BCUT2D eigenvalue weighted by Gasteiger charge is -2.34. The Hall–Kier alpha value is -4.37. The van der Waals surface area contributed by atoms with E-state index in [0.717, 1.165) is 17.5 Å². The van der Waals surface area contributed by atoms with E-state index < -0.39 is 22.0 Å². The van der Waals surface area contributed by atoms with Gasteiger partial charge >= 0.3 is 0 Å². The number of fused-ring (bicyclic) bond motifs is 1. The quantitative estimate of drug-likeness (QED) is 0.395. The van der Waals surface area contributed by atoms with Crippen LogP contribution in [0.5, 0.6) is 11.5 Å². The lowest BCUT2D eigenvalue weighted by molar-refractivity contribution is -0.122. The minimum atomic E-state index is -3.96. The average Bonchev–Trinajstić information content (AvgIpc) is 2.94. The second kappa shape index (κ2) is 10.3. The number of carbonyl (C=O) groups excluding carboxylic acids is 1. The first-order chi connectivity index (χ1) is 17.9. The molecule has 1 aliphatic heterocycles. The Morgan fingerprint density at radius 1 is 0.973 bits per heavy atom. The first-order valence-electron chi connectivity index (χ1n) is 11.7. The predicted molar refractivity (Wildman–Crippen MR) is 140 cm³/mol. The molecule has 1 aromatic heterocycles. The minimum absolute atomic E-state index is 0.0916. The second-order valence-corrected chi connectivity index (χ2v) is 10.4. The summed E-state index contributed by atoms with van der Waals surface area (Å²) in [5, 5.41) is 2.85. The predicted octanol–water partition coefficient (Wildman–Crippen LogP) is 4.28. The van der Waals surface area contributed by atoms with Crippen molar-refractivity contribution in [1.29, 1.82) is 0 Å². The fraction of sp³-hybridized carbons (Fsp3) is 0.143. The van der Waals surface area contributed by atoms with E-state index in [9.17, 15) is 13.2 Å². The van der Waals surface area contributed by atoms with Crippen molar-refractivity contribution in [3.8, 4) is 11.5 Å². The third-order valence-corrected chi connectivity index (χ3v) is 7.85. The third-order valence-electron chi connectivity index (χ3n) is 6.05. The van der Waals surface area contributed by atoms with E-state index in [1.165, 1.54) is 23.5 Å². The fourth-order valence-corrected chi connectivity index (χ4v) is 5.58. The minimum Gasteiger partial charge on any atom is -0.497 e. The molecular weight excluding hydrogens is 490 g/mol. The summed E-state index contributed by atoms with van der Waals surface area (Å²) in [7, 11) is -2.45. The monoisotopic (exact) mass is 515 g/mol. The van der Waals surface area contributed by atoms with E-state index in [2.05, 4.69) is 10.3 Å². The molecule has 1 amide bonds. The highest BCUT2D eigenvalue weighted by Gasteiger charge is 2.37. The number of ether oxygens (including phenoxy) is 2. The molecule has 0 radical (unpaired) electrons. The molecule has 9 heteroatoms. The van der Waals surface area contributed by atoms with Gasteiger partial charge in [0.1, 0.15) is 11.5 Å². The second-order valence-electron chi connectivity index (χ2n) is 8.50. The van der Waals surface area contributed by atoms with Gasteiger partial charge in [-0.1, -0.05) is 24.3 Å². The molecule has 1 aliphatic rings. The summed E-state index contributed by atoms with van der Waals surface area (Å²) in [5.41, 5.74) is 3.20. The molecule has 0 aliphatic carbocycles. The Kier molecular flexibility index (Phi) is 6.78. The van der Waals surface area contributed by atoms with Crippen LogP contribution >= 0.6 is 0 Å². The number of nitrogens with zero attached hydrogens (tertiary/aromatic N) is 2. The van der Waals surface area contributed by atoms with Crippen LogP contribution < -0.4 is 19.1 Å². The number of nitrogens with one attached hydrogen (secondary N) is 1. The van der Waals surface area contributed by atoms with Gasteiger partial charge in [-0.25, -0.2) is 8.42 Å². The van der Waals surface area contributed by atoms with E-state index in [1.807, 2.05) is 36.4 Å². The highest BCUT2D eigenvalue weighted by Crippen LogP contribution is 2.37. The van der Waals surface area contributed by atoms with Crippen LogP contribution in [0.2, 0.25) is 0 Å². The number of hydrogen-bond donors (Lipinski definition) is 1. The van der Waals surface area contributed by atoms with Crippen molar-refractivity contribution in [2.45, 2.75) is 17.4 Å². The first kappa shape index (κ1) is 24.3. The number of methoxy groups -OCH3 is 1. The lowest BCUT2D eigenvalue weighted by Crippen LogP contribution is -2.48. The van der Waals surface area contributed by atoms with Crippen LogP contribution in [0.15, 0.2) is 102 Å². The molecule has 0 spiro atoms. The van der Waals surface area contributed by atoms with Crippen LogP contribution in [-0.4, -0.2) is 39.1 Å². The van der Waals surface area contributed by atoms with Crippen LogP contribution in [0.1, 0.15) is 11.1 Å². The molecule has 0 saturated heterocycles. The molecule has 1 N–H and O–H groups in total. The zero-order chi connectivity index (χ0) is 25.8. The standard InChI is InChI=1S/C28H25N3O5S/c1-35-23-10-12-24(13-11-23)37(33,34)31-19-27(36-26-5-3-2-4-25(26)31)28(32)30-22-8-6-20(7-9-22)18-21-14-16-29-17-15-21/h2-17,27H,18-19H2,1H3,(H,30,32). The van der Waals surface area contributed by atoms with Crippen LogP contribution in [0, 0.1) is 0 Å². The number of carbonyl (C=O) groups is 1. The van der Waals surface area contributed by atoms with E-state index >= 15 is 0 Å². The Balaban J connectivity index is 1.34. The number of anilines is 2. The highest BCUT2D eigenvalue weighted by atomic mass is 32.2. The maximum atomic E-state index is 13.6. The summed E-state index contributed by atoms with van der Waals surface area (Å²) in [5.74, 6) is 0.426. The number of amides is 1. The van der Waals surface area contributed by atoms with Crippen LogP contribution in [0.25, 0.3) is 0 Å². The average molecular weight is 516 g/mol. The molecule has 8 nitrogen and oxygen atoms in total. The van der Waals surface area contributed by atoms with Crippen molar-refractivity contribution in [2.24, 2.45) is 0 Å². The maximum absolute atomic E-state index is 13.6. The van der Waals surface area contributed by atoms with Crippen molar-refractivity contribution in [3.05, 3.63) is 108 Å². The molecule has 188 valence electrons. The summed E-state index contributed by atoms with van der Waals surface area (Å²) in [6.45, 7) is -0.169. The van der Waals surface area contributed by atoms with Crippen molar-refractivity contribution >= 4 is 27.3 Å². The summed E-state index contributed by atoms with van der Waals surface area (Å²) in [6, 6.07) is 24.3. The summed E-state index contributed by atoms with van der Waals surface area (Å²) in [4.78, 5) is 17.3. The van der Waals surface area contributed by atoms with Crippen molar-refractivity contribution in [3.63, 3.8) is 0 Å². The summed E-state index contributed by atoms with van der Waals surface area (Å²) < 4.78 is 39.4.